The highest BCUT2D eigenvalue weighted by Crippen LogP contribution is 2.24. The van der Waals surface area contributed by atoms with Crippen molar-refractivity contribution in [1.29, 1.82) is 0 Å². The van der Waals surface area contributed by atoms with Gasteiger partial charge >= 0.3 is 0 Å². The van der Waals surface area contributed by atoms with Gasteiger partial charge in [-0.05, 0) is 13.0 Å². The van der Waals surface area contributed by atoms with E-state index < -0.39 is 0 Å². The number of thiazole rings is 1. The third-order valence-electron chi connectivity index (χ3n) is 4.11. The maximum Gasteiger partial charge on any atom is 0.191 e. The Morgan fingerprint density at radius 1 is 1.19 bits per heavy atom. The van der Waals surface area contributed by atoms with Crippen LogP contribution in [0, 0.1) is 6.92 Å². The van der Waals surface area contributed by atoms with Gasteiger partial charge in [0.25, 0.3) is 0 Å². The lowest BCUT2D eigenvalue weighted by atomic mass is 10.2. The summed E-state index contributed by atoms with van der Waals surface area (Å²) < 4.78 is 1.85. The van der Waals surface area contributed by atoms with Gasteiger partial charge in [-0.3, -0.25) is 9.67 Å². The first kappa shape index (κ1) is 18.1. The molecule has 0 saturated heterocycles. The Labute approximate surface area is 158 Å². The summed E-state index contributed by atoms with van der Waals surface area (Å²) >= 11 is 1.69. The lowest BCUT2D eigenvalue weighted by Gasteiger charge is -2.11. The molecule has 0 aliphatic rings. The number of benzene rings is 1. The van der Waals surface area contributed by atoms with E-state index in [9.17, 15) is 0 Å². The third-order valence-corrected chi connectivity index (χ3v) is 5.05. The summed E-state index contributed by atoms with van der Waals surface area (Å²) in [5, 5.41) is 14.0. The quantitative estimate of drug-likeness (QED) is 0.519. The highest BCUT2D eigenvalue weighted by molar-refractivity contribution is 7.13. The van der Waals surface area contributed by atoms with Gasteiger partial charge in [-0.1, -0.05) is 29.8 Å². The van der Waals surface area contributed by atoms with Gasteiger partial charge in [-0.25, -0.2) is 4.98 Å². The number of aryl methyl sites for hydroxylation is 2. The van der Waals surface area contributed by atoms with Gasteiger partial charge in [0.2, 0.25) is 0 Å². The zero-order valence-electron chi connectivity index (χ0n) is 15.4. The fourth-order valence-corrected chi connectivity index (χ4v) is 3.39. The van der Waals surface area contributed by atoms with Crippen LogP contribution < -0.4 is 10.6 Å². The highest BCUT2D eigenvalue weighted by atomic mass is 32.1. The minimum absolute atomic E-state index is 0.685. The van der Waals surface area contributed by atoms with Crippen molar-refractivity contribution < 1.29 is 0 Å². The molecule has 2 heterocycles. The lowest BCUT2D eigenvalue weighted by molar-refractivity contribution is 0.683. The van der Waals surface area contributed by atoms with Crippen LogP contribution in [0.3, 0.4) is 0 Å². The highest BCUT2D eigenvalue weighted by Gasteiger charge is 2.06. The summed E-state index contributed by atoms with van der Waals surface area (Å²) in [6.07, 6.45) is 2.65. The van der Waals surface area contributed by atoms with E-state index in [-0.39, 0.29) is 0 Å². The first-order valence-electron chi connectivity index (χ1n) is 8.58. The summed E-state index contributed by atoms with van der Waals surface area (Å²) in [7, 11) is 3.71. The molecular formula is C19H24N6S. The van der Waals surface area contributed by atoms with Gasteiger partial charge < -0.3 is 10.6 Å². The minimum Gasteiger partial charge on any atom is -0.356 e. The van der Waals surface area contributed by atoms with Crippen molar-refractivity contribution in [2.24, 2.45) is 12.0 Å². The van der Waals surface area contributed by atoms with Gasteiger partial charge in [0.1, 0.15) is 5.01 Å². The zero-order chi connectivity index (χ0) is 18.4. The lowest BCUT2D eigenvalue weighted by Crippen LogP contribution is -2.38. The van der Waals surface area contributed by atoms with E-state index in [1.54, 1.807) is 24.6 Å². The fourth-order valence-electron chi connectivity index (χ4n) is 2.53. The van der Waals surface area contributed by atoms with Gasteiger partial charge in [0.05, 0.1) is 17.9 Å². The molecule has 0 bridgehead atoms. The van der Waals surface area contributed by atoms with Crippen LogP contribution in [0.4, 0.5) is 0 Å². The topological polar surface area (TPSA) is 67.1 Å². The van der Waals surface area contributed by atoms with Crippen molar-refractivity contribution in [2.75, 3.05) is 13.6 Å². The predicted molar refractivity (Wildman–Crippen MR) is 107 cm³/mol. The van der Waals surface area contributed by atoms with Crippen molar-refractivity contribution in [2.45, 2.75) is 19.9 Å². The first-order valence-corrected chi connectivity index (χ1v) is 9.46. The second-order valence-electron chi connectivity index (χ2n) is 6.06. The molecule has 0 saturated carbocycles. The second kappa shape index (κ2) is 8.62. The van der Waals surface area contributed by atoms with Gasteiger partial charge in [0, 0.05) is 44.2 Å². The van der Waals surface area contributed by atoms with E-state index >= 15 is 0 Å². The first-order chi connectivity index (χ1) is 12.7. The van der Waals surface area contributed by atoms with E-state index in [2.05, 4.69) is 57.3 Å². The summed E-state index contributed by atoms with van der Waals surface area (Å²) in [5.41, 5.74) is 4.64. The molecule has 0 atom stereocenters. The number of rotatable bonds is 6. The van der Waals surface area contributed by atoms with Crippen LogP contribution in [0.15, 0.2) is 46.9 Å². The van der Waals surface area contributed by atoms with E-state index in [1.165, 1.54) is 11.1 Å². The number of hydrogen-bond donors (Lipinski definition) is 2. The van der Waals surface area contributed by atoms with Crippen LogP contribution in [0.2, 0.25) is 0 Å². The number of aliphatic imine (C=N–C) groups is 1. The van der Waals surface area contributed by atoms with Crippen LogP contribution in [0.25, 0.3) is 10.6 Å². The molecule has 0 unspecified atom stereocenters. The molecule has 2 N–H and O–H groups in total. The van der Waals surface area contributed by atoms with Crippen molar-refractivity contribution in [3.05, 3.63) is 58.9 Å². The summed E-state index contributed by atoms with van der Waals surface area (Å²) in [6.45, 7) is 3.56. The zero-order valence-corrected chi connectivity index (χ0v) is 16.2. The molecular weight excluding hydrogens is 344 g/mol. The van der Waals surface area contributed by atoms with Crippen molar-refractivity contribution in [1.82, 2.24) is 25.4 Å². The summed E-state index contributed by atoms with van der Waals surface area (Å²) in [6, 6.07) is 10.5. The second-order valence-corrected chi connectivity index (χ2v) is 6.92. The number of nitrogens with zero attached hydrogens (tertiary/aromatic N) is 4. The Morgan fingerprint density at radius 2 is 2.00 bits per heavy atom. The van der Waals surface area contributed by atoms with Gasteiger partial charge in [-0.15, -0.1) is 11.3 Å². The van der Waals surface area contributed by atoms with Gasteiger partial charge in [0.15, 0.2) is 5.96 Å². The molecule has 0 spiro atoms. The Balaban J connectivity index is 1.48. The van der Waals surface area contributed by atoms with Crippen molar-refractivity contribution in [3.8, 4) is 10.6 Å². The molecule has 1 aromatic carbocycles. The monoisotopic (exact) mass is 368 g/mol. The van der Waals surface area contributed by atoms with E-state index in [0.717, 1.165) is 35.3 Å². The van der Waals surface area contributed by atoms with Crippen LogP contribution in [0.5, 0.6) is 0 Å². The standard InChI is InChI=1S/C19H24N6S/c1-14-4-6-15(7-5-14)18-24-16(13-26-18)8-10-21-19(20-2)22-12-17-9-11-23-25(17)3/h4-7,9,11,13H,8,10,12H2,1-3H3,(H2,20,21,22). The molecule has 7 heteroatoms. The minimum atomic E-state index is 0.685. The van der Waals surface area contributed by atoms with Gasteiger partial charge in [-0.2, -0.15) is 5.10 Å². The summed E-state index contributed by atoms with van der Waals surface area (Å²) in [4.78, 5) is 8.99. The Hall–Kier alpha value is -2.67. The normalized spacial score (nSPS) is 11.6. The molecule has 3 aromatic rings. The fraction of sp³-hybridized carbons (Fsp3) is 0.316. The Bertz CT molecular complexity index is 862. The predicted octanol–water partition coefficient (Wildman–Crippen LogP) is 2.76. The maximum atomic E-state index is 4.74. The summed E-state index contributed by atoms with van der Waals surface area (Å²) in [5.74, 6) is 0.778. The third kappa shape index (κ3) is 4.70. The molecule has 3 rings (SSSR count). The van der Waals surface area contributed by atoms with Crippen LogP contribution in [-0.2, 0) is 20.0 Å². The van der Waals surface area contributed by atoms with Crippen molar-refractivity contribution >= 4 is 17.3 Å². The number of aromatic nitrogens is 3. The maximum absolute atomic E-state index is 4.74. The molecule has 0 aliphatic carbocycles. The molecule has 26 heavy (non-hydrogen) atoms. The average molecular weight is 369 g/mol. The molecule has 136 valence electrons. The molecule has 6 nitrogen and oxygen atoms in total. The van der Waals surface area contributed by atoms with Crippen LogP contribution >= 0.6 is 11.3 Å². The molecule has 0 aliphatic heterocycles. The molecule has 0 fully saturated rings. The Morgan fingerprint density at radius 3 is 2.69 bits per heavy atom. The largest absolute Gasteiger partial charge is 0.356 e. The SMILES string of the molecule is CN=C(NCCc1csc(-c2ccc(C)cc2)n1)NCc1ccnn1C. The molecule has 2 aromatic heterocycles. The van der Waals surface area contributed by atoms with Crippen LogP contribution in [-0.4, -0.2) is 34.3 Å². The van der Waals surface area contributed by atoms with E-state index in [4.69, 9.17) is 4.98 Å². The van der Waals surface area contributed by atoms with E-state index in [1.807, 2.05) is 17.8 Å². The molecule has 0 amide bonds. The number of hydrogen-bond acceptors (Lipinski definition) is 4. The van der Waals surface area contributed by atoms with Crippen molar-refractivity contribution in [3.63, 3.8) is 0 Å². The Kier molecular flexibility index (Phi) is 6.01. The smallest absolute Gasteiger partial charge is 0.191 e. The van der Waals surface area contributed by atoms with Crippen LogP contribution in [0.1, 0.15) is 17.0 Å². The number of guanidine groups is 1. The van der Waals surface area contributed by atoms with E-state index in [0.29, 0.717) is 6.54 Å². The average Bonchev–Trinajstić information content (AvgIpc) is 3.28. The molecule has 0 radical (unpaired) electrons. The number of nitrogens with one attached hydrogen (secondary N) is 2.